The summed E-state index contributed by atoms with van der Waals surface area (Å²) < 4.78 is 17.0. The highest BCUT2D eigenvalue weighted by Gasteiger charge is 2.15. The molecular formula is C17H13NO5. The van der Waals surface area contributed by atoms with E-state index in [-0.39, 0.29) is 18.9 Å². The molecule has 4 rings (SSSR count). The fraction of sp³-hybridized carbons (Fsp3) is 0.176. The van der Waals surface area contributed by atoms with E-state index < -0.39 is 5.76 Å². The first-order valence-corrected chi connectivity index (χ1v) is 7.15. The second kappa shape index (κ2) is 5.01. The molecule has 116 valence electrons. The third kappa shape index (κ3) is 2.19. The highest BCUT2D eigenvalue weighted by Crippen LogP contribution is 2.32. The van der Waals surface area contributed by atoms with Gasteiger partial charge in [0, 0.05) is 0 Å². The lowest BCUT2D eigenvalue weighted by Crippen LogP contribution is -2.33. The summed E-state index contributed by atoms with van der Waals surface area (Å²) in [5.41, 5.74) is 1.49. The van der Waals surface area contributed by atoms with Crippen molar-refractivity contribution in [3.8, 4) is 11.5 Å². The van der Waals surface area contributed by atoms with Crippen LogP contribution in [0.4, 0.5) is 0 Å². The Hall–Kier alpha value is -3.02. The first-order valence-electron chi connectivity index (χ1n) is 7.15. The van der Waals surface area contributed by atoms with E-state index in [1.54, 1.807) is 43.3 Å². The zero-order valence-electron chi connectivity index (χ0n) is 12.4. The van der Waals surface area contributed by atoms with Crippen LogP contribution in [0, 0.1) is 6.92 Å². The Kier molecular flexibility index (Phi) is 2.97. The van der Waals surface area contributed by atoms with Crippen molar-refractivity contribution in [3.63, 3.8) is 0 Å². The number of aryl methyl sites for hydroxylation is 1. The van der Waals surface area contributed by atoms with Gasteiger partial charge in [-0.3, -0.25) is 4.79 Å². The van der Waals surface area contributed by atoms with Gasteiger partial charge in [0.05, 0.1) is 11.9 Å². The van der Waals surface area contributed by atoms with Crippen LogP contribution >= 0.6 is 0 Å². The van der Waals surface area contributed by atoms with Gasteiger partial charge >= 0.3 is 5.76 Å². The van der Waals surface area contributed by atoms with Crippen LogP contribution in [0.5, 0.6) is 11.5 Å². The van der Waals surface area contributed by atoms with Crippen molar-refractivity contribution in [2.24, 2.45) is 0 Å². The molecule has 2 heterocycles. The smallest absolute Gasteiger partial charge is 0.422 e. The van der Waals surface area contributed by atoms with Gasteiger partial charge in [0.1, 0.15) is 5.58 Å². The Morgan fingerprint density at radius 2 is 1.91 bits per heavy atom. The molecule has 0 fully saturated rings. The molecule has 1 aliphatic rings. The summed E-state index contributed by atoms with van der Waals surface area (Å²) in [5.74, 6) is 0.591. The molecule has 0 radical (unpaired) electrons. The van der Waals surface area contributed by atoms with E-state index in [0.717, 1.165) is 15.7 Å². The lowest BCUT2D eigenvalue weighted by Gasteiger charge is -2.07. The van der Waals surface area contributed by atoms with E-state index in [2.05, 4.69) is 0 Å². The average molecular weight is 311 g/mol. The van der Waals surface area contributed by atoms with Crippen LogP contribution in [-0.2, 0) is 6.54 Å². The quantitative estimate of drug-likeness (QED) is 0.724. The predicted octanol–water partition coefficient (Wildman–Crippen LogP) is 2.04. The van der Waals surface area contributed by atoms with E-state index in [4.69, 9.17) is 13.9 Å². The monoisotopic (exact) mass is 311 g/mol. The standard InChI is InChI=1S/C17H13NO5/c1-10-3-2-4-12-15(10)23-17(20)18(16(12)19)8-11-5-6-13-14(7-11)22-9-21-13/h2-7H,8-9H2,1H3. The zero-order chi connectivity index (χ0) is 16.0. The second-order valence-corrected chi connectivity index (χ2v) is 5.40. The molecule has 0 amide bonds. The van der Waals surface area contributed by atoms with Gasteiger partial charge in [0.2, 0.25) is 6.79 Å². The van der Waals surface area contributed by atoms with Gasteiger partial charge in [0.25, 0.3) is 5.56 Å². The topological polar surface area (TPSA) is 70.7 Å². The second-order valence-electron chi connectivity index (χ2n) is 5.40. The van der Waals surface area contributed by atoms with E-state index in [0.29, 0.717) is 22.5 Å². The summed E-state index contributed by atoms with van der Waals surface area (Å²) in [5, 5.41) is 0.394. The number of fused-ring (bicyclic) bond motifs is 2. The van der Waals surface area contributed by atoms with Crippen molar-refractivity contribution in [2.75, 3.05) is 6.79 Å². The lowest BCUT2D eigenvalue weighted by molar-refractivity contribution is 0.174. The van der Waals surface area contributed by atoms with Crippen molar-refractivity contribution in [3.05, 3.63) is 68.4 Å². The van der Waals surface area contributed by atoms with Crippen LogP contribution < -0.4 is 20.8 Å². The Morgan fingerprint density at radius 3 is 2.78 bits per heavy atom. The number of hydrogen-bond donors (Lipinski definition) is 0. The van der Waals surface area contributed by atoms with Crippen LogP contribution in [0.1, 0.15) is 11.1 Å². The number of hydrogen-bond acceptors (Lipinski definition) is 5. The van der Waals surface area contributed by atoms with Gasteiger partial charge in [-0.25, -0.2) is 9.36 Å². The number of para-hydroxylation sites is 1. The molecule has 0 saturated heterocycles. The number of nitrogens with zero attached hydrogens (tertiary/aromatic N) is 1. The minimum atomic E-state index is -0.672. The maximum atomic E-state index is 12.6. The number of ether oxygens (including phenoxy) is 2. The van der Waals surface area contributed by atoms with Crippen molar-refractivity contribution in [2.45, 2.75) is 13.5 Å². The van der Waals surface area contributed by atoms with Gasteiger partial charge in [-0.1, -0.05) is 18.2 Å². The summed E-state index contributed by atoms with van der Waals surface area (Å²) in [6, 6.07) is 10.5. The van der Waals surface area contributed by atoms with Crippen LogP contribution in [0.15, 0.2) is 50.4 Å². The molecule has 1 aliphatic heterocycles. The minimum absolute atomic E-state index is 0.113. The molecule has 0 saturated carbocycles. The van der Waals surface area contributed by atoms with Crippen molar-refractivity contribution < 1.29 is 13.9 Å². The first kappa shape index (κ1) is 13.6. The van der Waals surface area contributed by atoms with Crippen LogP contribution in [-0.4, -0.2) is 11.4 Å². The summed E-state index contributed by atoms with van der Waals surface area (Å²) in [6.45, 7) is 2.09. The van der Waals surface area contributed by atoms with Gasteiger partial charge in [-0.15, -0.1) is 0 Å². The van der Waals surface area contributed by atoms with Crippen LogP contribution in [0.2, 0.25) is 0 Å². The molecule has 3 aromatic rings. The van der Waals surface area contributed by atoms with Crippen LogP contribution in [0.25, 0.3) is 11.0 Å². The van der Waals surface area contributed by atoms with E-state index in [9.17, 15) is 9.59 Å². The Balaban J connectivity index is 1.83. The van der Waals surface area contributed by atoms with Gasteiger partial charge in [0.15, 0.2) is 11.5 Å². The number of benzene rings is 2. The fourth-order valence-electron chi connectivity index (χ4n) is 2.69. The SMILES string of the molecule is Cc1cccc2c(=O)n(Cc3ccc4c(c3)OCO4)c(=O)oc12. The molecule has 0 unspecified atom stereocenters. The molecule has 2 aromatic carbocycles. The first-order chi connectivity index (χ1) is 11.1. The molecule has 6 heteroatoms. The third-order valence-corrected chi connectivity index (χ3v) is 3.87. The summed E-state index contributed by atoms with van der Waals surface area (Å²) in [4.78, 5) is 24.8. The van der Waals surface area contributed by atoms with Gasteiger partial charge in [-0.05, 0) is 36.2 Å². The zero-order valence-corrected chi connectivity index (χ0v) is 12.4. The van der Waals surface area contributed by atoms with E-state index >= 15 is 0 Å². The number of rotatable bonds is 2. The molecule has 0 bridgehead atoms. The van der Waals surface area contributed by atoms with Crippen LogP contribution in [0.3, 0.4) is 0 Å². The Labute approximate surface area is 130 Å². The normalized spacial score (nSPS) is 12.7. The van der Waals surface area contributed by atoms with Crippen molar-refractivity contribution in [1.82, 2.24) is 4.57 Å². The molecule has 0 atom stereocenters. The molecule has 23 heavy (non-hydrogen) atoms. The van der Waals surface area contributed by atoms with E-state index in [1.165, 1.54) is 0 Å². The molecule has 0 N–H and O–H groups in total. The Morgan fingerprint density at radius 1 is 1.09 bits per heavy atom. The number of aromatic nitrogens is 1. The largest absolute Gasteiger partial charge is 0.454 e. The molecular weight excluding hydrogens is 298 g/mol. The lowest BCUT2D eigenvalue weighted by atomic mass is 10.1. The highest BCUT2D eigenvalue weighted by molar-refractivity contribution is 5.78. The predicted molar refractivity (Wildman–Crippen MR) is 83.1 cm³/mol. The van der Waals surface area contributed by atoms with Crippen molar-refractivity contribution >= 4 is 11.0 Å². The molecule has 0 aliphatic carbocycles. The van der Waals surface area contributed by atoms with Gasteiger partial charge < -0.3 is 13.9 Å². The van der Waals surface area contributed by atoms with E-state index in [1.807, 2.05) is 0 Å². The third-order valence-electron chi connectivity index (χ3n) is 3.87. The maximum absolute atomic E-state index is 12.6. The fourth-order valence-corrected chi connectivity index (χ4v) is 2.69. The molecule has 0 spiro atoms. The molecule has 1 aromatic heterocycles. The average Bonchev–Trinajstić information content (AvgIpc) is 3.00. The van der Waals surface area contributed by atoms with Gasteiger partial charge in [-0.2, -0.15) is 0 Å². The summed E-state index contributed by atoms with van der Waals surface area (Å²) in [7, 11) is 0. The minimum Gasteiger partial charge on any atom is -0.454 e. The summed E-state index contributed by atoms with van der Waals surface area (Å²) >= 11 is 0. The Bertz CT molecular complexity index is 1030. The van der Waals surface area contributed by atoms with Crippen molar-refractivity contribution in [1.29, 1.82) is 0 Å². The summed E-state index contributed by atoms with van der Waals surface area (Å²) in [6.07, 6.45) is 0. The highest BCUT2D eigenvalue weighted by atomic mass is 16.7. The molecule has 6 nitrogen and oxygen atoms in total. The maximum Gasteiger partial charge on any atom is 0.422 e.